The Hall–Kier alpha value is -2.27. The van der Waals surface area contributed by atoms with Gasteiger partial charge in [-0.2, -0.15) is 5.10 Å². The van der Waals surface area contributed by atoms with Gasteiger partial charge in [0.15, 0.2) is 0 Å². The van der Waals surface area contributed by atoms with Gasteiger partial charge in [-0.15, -0.1) is 0 Å². The SMILES string of the molecule is Cc1nn(C)c(C)c1[C@@H]1CCCN1Cc1nc(C)c2ccccc2n1. The van der Waals surface area contributed by atoms with E-state index in [1.807, 2.05) is 23.9 Å². The van der Waals surface area contributed by atoms with Crippen LogP contribution in [-0.2, 0) is 13.6 Å². The smallest absolute Gasteiger partial charge is 0.143 e. The maximum atomic E-state index is 4.80. The molecule has 4 rings (SSSR count). The first-order chi connectivity index (χ1) is 12.0. The lowest BCUT2D eigenvalue weighted by Crippen LogP contribution is -2.25. The Bertz CT molecular complexity index is 927. The number of fused-ring (bicyclic) bond motifs is 1. The van der Waals surface area contributed by atoms with Crippen LogP contribution in [0.25, 0.3) is 10.9 Å². The van der Waals surface area contributed by atoms with E-state index in [-0.39, 0.29) is 0 Å². The van der Waals surface area contributed by atoms with E-state index < -0.39 is 0 Å². The van der Waals surface area contributed by atoms with Gasteiger partial charge in [0.2, 0.25) is 0 Å². The molecule has 1 aliphatic rings. The average Bonchev–Trinajstić information content (AvgIpc) is 3.12. The van der Waals surface area contributed by atoms with Gasteiger partial charge >= 0.3 is 0 Å². The van der Waals surface area contributed by atoms with Gasteiger partial charge in [-0.1, -0.05) is 18.2 Å². The van der Waals surface area contributed by atoms with Gasteiger partial charge in [0.05, 0.1) is 17.8 Å². The lowest BCUT2D eigenvalue weighted by molar-refractivity contribution is 0.241. The van der Waals surface area contributed by atoms with Crippen molar-refractivity contribution in [2.24, 2.45) is 7.05 Å². The van der Waals surface area contributed by atoms with Crippen molar-refractivity contribution in [1.82, 2.24) is 24.6 Å². The molecule has 0 saturated carbocycles. The predicted octanol–water partition coefficient (Wildman–Crippen LogP) is 3.63. The second-order valence-electron chi connectivity index (χ2n) is 7.08. The number of likely N-dealkylation sites (tertiary alicyclic amines) is 1. The molecule has 0 unspecified atom stereocenters. The van der Waals surface area contributed by atoms with Crippen LogP contribution in [0.5, 0.6) is 0 Å². The van der Waals surface area contributed by atoms with Crippen LogP contribution < -0.4 is 0 Å². The fourth-order valence-corrected chi connectivity index (χ4v) is 4.16. The average molecular weight is 335 g/mol. The zero-order valence-electron chi connectivity index (χ0n) is 15.5. The Kier molecular flexibility index (Phi) is 4.04. The van der Waals surface area contributed by atoms with E-state index in [1.165, 1.54) is 24.1 Å². The quantitative estimate of drug-likeness (QED) is 0.733. The molecule has 1 atom stereocenters. The van der Waals surface area contributed by atoms with Gasteiger partial charge in [-0.05, 0) is 46.2 Å². The molecule has 5 nitrogen and oxygen atoms in total. The minimum absolute atomic E-state index is 0.420. The molecule has 25 heavy (non-hydrogen) atoms. The lowest BCUT2D eigenvalue weighted by atomic mass is 10.0. The van der Waals surface area contributed by atoms with Crippen LogP contribution in [0, 0.1) is 20.8 Å². The van der Waals surface area contributed by atoms with E-state index in [4.69, 9.17) is 9.97 Å². The van der Waals surface area contributed by atoms with Gasteiger partial charge < -0.3 is 0 Å². The maximum Gasteiger partial charge on any atom is 0.143 e. The summed E-state index contributed by atoms with van der Waals surface area (Å²) in [5.74, 6) is 0.919. The van der Waals surface area contributed by atoms with Crippen molar-refractivity contribution in [1.29, 1.82) is 0 Å². The van der Waals surface area contributed by atoms with Crippen LogP contribution in [0.4, 0.5) is 0 Å². The van der Waals surface area contributed by atoms with E-state index in [0.29, 0.717) is 6.04 Å². The van der Waals surface area contributed by atoms with Crippen molar-refractivity contribution >= 4 is 10.9 Å². The molecule has 0 aliphatic carbocycles. The Morgan fingerprint density at radius 1 is 1.08 bits per heavy atom. The first kappa shape index (κ1) is 16.2. The third-order valence-electron chi connectivity index (χ3n) is 5.45. The third-order valence-corrected chi connectivity index (χ3v) is 5.45. The molecule has 0 amide bonds. The van der Waals surface area contributed by atoms with Gasteiger partial charge in [-0.25, -0.2) is 9.97 Å². The summed E-state index contributed by atoms with van der Waals surface area (Å²) in [5, 5.41) is 5.75. The molecule has 0 N–H and O–H groups in total. The molecule has 2 aromatic heterocycles. The van der Waals surface area contributed by atoms with Gasteiger partial charge in [0.25, 0.3) is 0 Å². The second kappa shape index (κ2) is 6.23. The Balaban J connectivity index is 1.66. The predicted molar refractivity (Wildman–Crippen MR) is 99.3 cm³/mol. The molecule has 3 aromatic rings. The lowest BCUT2D eigenvalue weighted by Gasteiger charge is -2.24. The van der Waals surface area contributed by atoms with Crippen molar-refractivity contribution in [2.75, 3.05) is 6.54 Å². The summed E-state index contributed by atoms with van der Waals surface area (Å²) in [5.41, 5.74) is 5.90. The van der Waals surface area contributed by atoms with Gasteiger partial charge in [0.1, 0.15) is 5.82 Å². The molecule has 1 aromatic carbocycles. The highest BCUT2D eigenvalue weighted by Gasteiger charge is 2.30. The molecule has 1 saturated heterocycles. The van der Waals surface area contributed by atoms with E-state index in [2.05, 4.69) is 42.9 Å². The summed E-state index contributed by atoms with van der Waals surface area (Å²) >= 11 is 0. The van der Waals surface area contributed by atoms with Crippen LogP contribution in [0.3, 0.4) is 0 Å². The minimum atomic E-state index is 0.420. The number of hydrogen-bond donors (Lipinski definition) is 0. The van der Waals surface area contributed by atoms with Crippen molar-refractivity contribution in [2.45, 2.75) is 46.2 Å². The number of nitrogens with zero attached hydrogens (tertiary/aromatic N) is 5. The zero-order valence-corrected chi connectivity index (χ0v) is 15.5. The normalized spacial score (nSPS) is 18.3. The van der Waals surface area contributed by atoms with Crippen LogP contribution in [0.1, 0.15) is 47.4 Å². The Morgan fingerprint density at radius 2 is 1.88 bits per heavy atom. The summed E-state index contributed by atoms with van der Waals surface area (Å²) in [7, 11) is 2.03. The maximum absolute atomic E-state index is 4.80. The number of benzene rings is 1. The fraction of sp³-hybridized carbons (Fsp3) is 0.450. The highest BCUT2D eigenvalue weighted by atomic mass is 15.3. The summed E-state index contributed by atoms with van der Waals surface area (Å²) < 4.78 is 2.00. The van der Waals surface area contributed by atoms with E-state index in [0.717, 1.165) is 41.2 Å². The summed E-state index contributed by atoms with van der Waals surface area (Å²) in [6.45, 7) is 8.25. The number of aryl methyl sites for hydroxylation is 3. The minimum Gasteiger partial charge on any atom is -0.289 e. The van der Waals surface area contributed by atoms with E-state index in [1.54, 1.807) is 0 Å². The number of para-hydroxylation sites is 1. The molecular weight excluding hydrogens is 310 g/mol. The number of rotatable bonds is 3. The zero-order chi connectivity index (χ0) is 17.6. The van der Waals surface area contributed by atoms with Crippen molar-refractivity contribution in [3.05, 3.63) is 52.7 Å². The molecule has 3 heterocycles. The molecule has 0 bridgehead atoms. The second-order valence-corrected chi connectivity index (χ2v) is 7.08. The van der Waals surface area contributed by atoms with Crippen molar-refractivity contribution < 1.29 is 0 Å². The Morgan fingerprint density at radius 3 is 2.64 bits per heavy atom. The standard InChI is InChI=1S/C20H25N5/c1-13-16-8-5-6-9-17(16)22-19(21-13)12-25-11-7-10-18(25)20-14(2)23-24(4)15(20)3/h5-6,8-9,18H,7,10-12H2,1-4H3/t18-/m0/s1. The van der Waals surface area contributed by atoms with Gasteiger partial charge in [0, 0.05) is 35.4 Å². The molecule has 5 heteroatoms. The molecule has 130 valence electrons. The summed E-state index contributed by atoms with van der Waals surface area (Å²) in [6, 6.07) is 8.67. The highest BCUT2D eigenvalue weighted by molar-refractivity contribution is 5.80. The Labute approximate surface area is 148 Å². The molecule has 1 fully saturated rings. The third kappa shape index (κ3) is 2.82. The largest absolute Gasteiger partial charge is 0.289 e. The van der Waals surface area contributed by atoms with Crippen LogP contribution in [-0.4, -0.2) is 31.2 Å². The van der Waals surface area contributed by atoms with Crippen molar-refractivity contribution in [3.8, 4) is 0 Å². The monoisotopic (exact) mass is 335 g/mol. The molecule has 0 radical (unpaired) electrons. The fourth-order valence-electron chi connectivity index (χ4n) is 4.16. The number of aromatic nitrogens is 4. The van der Waals surface area contributed by atoms with E-state index in [9.17, 15) is 0 Å². The molecule has 0 spiro atoms. The van der Waals surface area contributed by atoms with Gasteiger partial charge in [-0.3, -0.25) is 9.58 Å². The first-order valence-corrected chi connectivity index (χ1v) is 9.01. The first-order valence-electron chi connectivity index (χ1n) is 9.01. The van der Waals surface area contributed by atoms with Crippen LogP contribution >= 0.6 is 0 Å². The van der Waals surface area contributed by atoms with Crippen LogP contribution in [0.15, 0.2) is 24.3 Å². The summed E-state index contributed by atoms with van der Waals surface area (Å²) in [4.78, 5) is 12.1. The molecule has 1 aliphatic heterocycles. The topological polar surface area (TPSA) is 46.8 Å². The summed E-state index contributed by atoms with van der Waals surface area (Å²) in [6.07, 6.45) is 2.39. The van der Waals surface area contributed by atoms with E-state index >= 15 is 0 Å². The van der Waals surface area contributed by atoms with Crippen molar-refractivity contribution in [3.63, 3.8) is 0 Å². The highest BCUT2D eigenvalue weighted by Crippen LogP contribution is 2.36. The van der Waals surface area contributed by atoms with Crippen LogP contribution in [0.2, 0.25) is 0 Å². The molecular formula is C20H25N5. The number of hydrogen-bond acceptors (Lipinski definition) is 4.